The lowest BCUT2D eigenvalue weighted by Crippen LogP contribution is -2.18. The zero-order chi connectivity index (χ0) is 17.7. The maximum absolute atomic E-state index is 13.0. The first kappa shape index (κ1) is 17.6. The summed E-state index contributed by atoms with van der Waals surface area (Å²) in [6.45, 7) is 3.74. The average Bonchev–Trinajstić information content (AvgIpc) is 2.54. The van der Waals surface area contributed by atoms with Gasteiger partial charge in [0.1, 0.15) is 5.76 Å². The second kappa shape index (κ2) is 7.21. The van der Waals surface area contributed by atoms with Gasteiger partial charge in [0.25, 0.3) is 0 Å². The van der Waals surface area contributed by atoms with Gasteiger partial charge in [0.15, 0.2) is 0 Å². The molecule has 0 unspecified atom stereocenters. The van der Waals surface area contributed by atoms with E-state index >= 15 is 0 Å². The molecule has 0 aromatic heterocycles. The molecule has 0 saturated carbocycles. The van der Waals surface area contributed by atoms with Gasteiger partial charge in [-0.25, -0.2) is 0 Å². The first-order valence-corrected chi connectivity index (χ1v) is 7.10. The van der Waals surface area contributed by atoms with Crippen molar-refractivity contribution >= 4 is 17.4 Å². The Hall–Kier alpha value is -2.76. The second-order valence-corrected chi connectivity index (χ2v) is 5.05. The van der Waals surface area contributed by atoms with Gasteiger partial charge in [0.05, 0.1) is 24.8 Å². The van der Waals surface area contributed by atoms with Crippen molar-refractivity contribution in [1.82, 2.24) is 0 Å². The summed E-state index contributed by atoms with van der Waals surface area (Å²) in [7, 11) is 1.46. The first-order valence-electron chi connectivity index (χ1n) is 7.10. The first-order chi connectivity index (χ1) is 11.3. The maximum Gasteiger partial charge on any atom is 0.418 e. The van der Waals surface area contributed by atoms with E-state index in [9.17, 15) is 18.0 Å². The highest BCUT2D eigenvalue weighted by Crippen LogP contribution is 2.34. The van der Waals surface area contributed by atoms with Crippen LogP contribution in [0.2, 0.25) is 0 Å². The Morgan fingerprint density at radius 3 is 2.42 bits per heavy atom. The lowest BCUT2D eigenvalue weighted by atomic mass is 10.0. The topological polar surface area (TPSA) is 38.3 Å². The summed E-state index contributed by atoms with van der Waals surface area (Å²) in [5.41, 5.74) is 0.108. The van der Waals surface area contributed by atoms with Crippen LogP contribution in [0.1, 0.15) is 16.7 Å². The van der Waals surface area contributed by atoms with E-state index in [4.69, 9.17) is 4.74 Å². The van der Waals surface area contributed by atoms with Crippen LogP contribution in [0.4, 0.5) is 18.9 Å². The third-order valence-electron chi connectivity index (χ3n) is 3.42. The molecule has 0 atom stereocenters. The Morgan fingerprint density at radius 1 is 1.12 bits per heavy atom. The predicted molar refractivity (Wildman–Crippen MR) is 86.3 cm³/mol. The minimum atomic E-state index is -4.54. The molecule has 3 nitrogen and oxygen atoms in total. The molecule has 0 heterocycles. The fraction of sp³-hybridized carbons (Fsp3) is 0.167. The van der Waals surface area contributed by atoms with Crippen LogP contribution in [0.25, 0.3) is 5.76 Å². The predicted octanol–water partition coefficient (Wildman–Crippen LogP) is 4.50. The molecule has 2 aromatic carbocycles. The van der Waals surface area contributed by atoms with Crippen LogP contribution >= 0.6 is 0 Å². The van der Waals surface area contributed by atoms with Crippen LogP contribution < -0.4 is 5.32 Å². The minimum absolute atomic E-state index is 0.0925. The van der Waals surface area contributed by atoms with Crippen LogP contribution in [0.3, 0.4) is 0 Å². The lowest BCUT2D eigenvalue weighted by molar-refractivity contribution is -0.137. The number of halogens is 3. The van der Waals surface area contributed by atoms with E-state index in [1.807, 2.05) is 0 Å². The molecule has 0 radical (unpaired) electrons. The number of benzene rings is 2. The number of alkyl halides is 3. The van der Waals surface area contributed by atoms with Gasteiger partial charge in [0.2, 0.25) is 5.91 Å². The molecule has 6 heteroatoms. The van der Waals surface area contributed by atoms with Crippen molar-refractivity contribution in [3.63, 3.8) is 0 Å². The summed E-state index contributed by atoms with van der Waals surface area (Å²) in [5, 5.41) is 2.32. The maximum atomic E-state index is 13.0. The van der Waals surface area contributed by atoms with Gasteiger partial charge >= 0.3 is 6.18 Å². The summed E-state index contributed by atoms with van der Waals surface area (Å²) in [5.74, 6) is -0.169. The molecule has 2 aromatic rings. The third-order valence-corrected chi connectivity index (χ3v) is 3.42. The molecule has 0 fully saturated rings. The van der Waals surface area contributed by atoms with Crippen molar-refractivity contribution in [2.45, 2.75) is 12.6 Å². The fourth-order valence-electron chi connectivity index (χ4n) is 2.26. The Labute approximate surface area is 137 Å². The Morgan fingerprint density at radius 2 is 1.75 bits per heavy atom. The number of hydrogen-bond donors (Lipinski definition) is 1. The van der Waals surface area contributed by atoms with Crippen LogP contribution in [0.15, 0.2) is 55.1 Å². The largest absolute Gasteiger partial charge is 0.497 e. The number of para-hydroxylation sites is 1. The molecule has 1 amide bonds. The van der Waals surface area contributed by atoms with Crippen molar-refractivity contribution in [2.24, 2.45) is 0 Å². The summed E-state index contributed by atoms with van der Waals surface area (Å²) in [4.78, 5) is 12.2. The van der Waals surface area contributed by atoms with E-state index in [-0.39, 0.29) is 12.1 Å². The highest BCUT2D eigenvalue weighted by Gasteiger charge is 2.33. The van der Waals surface area contributed by atoms with Crippen LogP contribution in [0.5, 0.6) is 0 Å². The molecule has 126 valence electrons. The molecule has 0 aliphatic rings. The van der Waals surface area contributed by atoms with Crippen molar-refractivity contribution in [3.05, 3.63) is 71.8 Å². The summed E-state index contributed by atoms with van der Waals surface area (Å²) in [6, 6.07) is 11.8. The number of ether oxygens (including phenoxy) is 1. The molecule has 2 rings (SSSR count). The lowest BCUT2D eigenvalue weighted by Gasteiger charge is -2.14. The number of carbonyl (C=O) groups is 1. The van der Waals surface area contributed by atoms with Crippen molar-refractivity contribution < 1.29 is 22.7 Å². The fourth-order valence-corrected chi connectivity index (χ4v) is 2.26. The SMILES string of the molecule is C=C(OC)c1ccccc1CC(=O)Nc1ccccc1C(F)(F)F. The smallest absolute Gasteiger partial charge is 0.418 e. The zero-order valence-corrected chi connectivity index (χ0v) is 13.0. The van der Waals surface area contributed by atoms with E-state index in [1.54, 1.807) is 24.3 Å². The molecule has 24 heavy (non-hydrogen) atoms. The normalized spacial score (nSPS) is 11.0. The Balaban J connectivity index is 2.20. The van der Waals surface area contributed by atoms with Crippen LogP contribution in [-0.2, 0) is 22.1 Å². The number of amides is 1. The van der Waals surface area contributed by atoms with E-state index in [1.165, 1.54) is 25.3 Å². The highest BCUT2D eigenvalue weighted by atomic mass is 19.4. The van der Waals surface area contributed by atoms with Gasteiger partial charge in [-0.05, 0) is 17.7 Å². The van der Waals surface area contributed by atoms with E-state index < -0.39 is 17.6 Å². The van der Waals surface area contributed by atoms with Gasteiger partial charge < -0.3 is 10.1 Å². The third kappa shape index (κ3) is 4.16. The number of hydrogen-bond acceptors (Lipinski definition) is 2. The monoisotopic (exact) mass is 335 g/mol. The van der Waals surface area contributed by atoms with Gasteiger partial charge in [0, 0.05) is 5.56 Å². The Bertz CT molecular complexity index is 754. The molecule has 1 N–H and O–H groups in total. The molecule has 0 saturated heterocycles. The van der Waals surface area contributed by atoms with Crippen LogP contribution in [0, 0.1) is 0 Å². The summed E-state index contributed by atoms with van der Waals surface area (Å²) >= 11 is 0. The number of rotatable bonds is 5. The Kier molecular flexibility index (Phi) is 5.28. The second-order valence-electron chi connectivity index (χ2n) is 5.05. The molecule has 0 spiro atoms. The number of anilines is 1. The molecule has 0 aliphatic carbocycles. The standard InChI is InChI=1S/C18H16F3NO2/c1-12(24-2)14-8-4-3-7-13(14)11-17(23)22-16-10-6-5-9-15(16)18(19,20)21/h3-10H,1,11H2,2H3,(H,22,23). The van der Waals surface area contributed by atoms with Gasteiger partial charge in [-0.3, -0.25) is 4.79 Å². The summed E-state index contributed by atoms with van der Waals surface area (Å²) in [6.07, 6.45) is -4.63. The van der Waals surface area contributed by atoms with Crippen molar-refractivity contribution in [2.75, 3.05) is 12.4 Å². The number of carbonyl (C=O) groups excluding carboxylic acids is 1. The quantitative estimate of drug-likeness (QED) is 0.817. The van der Waals surface area contributed by atoms with E-state index in [2.05, 4.69) is 11.9 Å². The van der Waals surface area contributed by atoms with Crippen molar-refractivity contribution in [3.8, 4) is 0 Å². The molecule has 0 aliphatic heterocycles. The minimum Gasteiger partial charge on any atom is -0.497 e. The van der Waals surface area contributed by atoms with Gasteiger partial charge in [-0.1, -0.05) is 43.0 Å². The van der Waals surface area contributed by atoms with Crippen LogP contribution in [-0.4, -0.2) is 13.0 Å². The molecular formula is C18H16F3NO2. The zero-order valence-electron chi connectivity index (χ0n) is 13.0. The van der Waals surface area contributed by atoms with Crippen molar-refractivity contribution in [1.29, 1.82) is 0 Å². The number of methoxy groups -OCH3 is 1. The molecule has 0 bridgehead atoms. The van der Waals surface area contributed by atoms with Gasteiger partial charge in [-0.2, -0.15) is 13.2 Å². The highest BCUT2D eigenvalue weighted by molar-refractivity contribution is 5.93. The van der Waals surface area contributed by atoms with Gasteiger partial charge in [-0.15, -0.1) is 0 Å². The van der Waals surface area contributed by atoms with E-state index in [0.29, 0.717) is 16.9 Å². The molecular weight excluding hydrogens is 319 g/mol. The van der Waals surface area contributed by atoms with E-state index in [0.717, 1.165) is 6.07 Å². The number of nitrogens with one attached hydrogen (secondary N) is 1. The summed E-state index contributed by atoms with van der Waals surface area (Å²) < 4.78 is 44.0. The average molecular weight is 335 g/mol.